The highest BCUT2D eigenvalue weighted by Gasteiger charge is 2.73. The molecule has 3 aliphatic heterocycles. The molecule has 5 atom stereocenters. The van der Waals surface area contributed by atoms with E-state index in [9.17, 15) is 19.5 Å². The summed E-state index contributed by atoms with van der Waals surface area (Å²) in [6.45, 7) is 0.170. The number of β-amino-alcohol motifs (C(OH)–C–C–N with tert-alkyl or cyclic N) is 1. The molecule has 3 fully saturated rings. The molecule has 3 saturated heterocycles. The highest BCUT2D eigenvalue weighted by molar-refractivity contribution is 8.02. The maximum Gasteiger partial charge on any atom is 0.248 e. The smallest absolute Gasteiger partial charge is 0.248 e. The van der Waals surface area contributed by atoms with Gasteiger partial charge in [0.2, 0.25) is 17.7 Å². The van der Waals surface area contributed by atoms with Gasteiger partial charge in [-0.25, -0.2) is 0 Å². The normalized spacial score (nSPS) is 29.2. The van der Waals surface area contributed by atoms with Crippen molar-refractivity contribution in [1.82, 2.24) is 10.2 Å². The molecule has 5 rings (SSSR count). The van der Waals surface area contributed by atoms with E-state index in [-0.39, 0.29) is 36.1 Å². The average Bonchev–Trinajstić information content (AvgIpc) is 3.48. The van der Waals surface area contributed by atoms with E-state index in [0.29, 0.717) is 23.7 Å². The van der Waals surface area contributed by atoms with Crippen LogP contribution in [-0.4, -0.2) is 56.9 Å². The van der Waals surface area contributed by atoms with E-state index in [1.54, 1.807) is 36.0 Å². The van der Waals surface area contributed by atoms with Crippen LogP contribution in [0.1, 0.15) is 18.4 Å². The minimum atomic E-state index is -0.782. The van der Waals surface area contributed by atoms with Crippen molar-refractivity contribution in [1.29, 1.82) is 0 Å². The number of aliphatic hydroxyl groups is 1. The summed E-state index contributed by atoms with van der Waals surface area (Å²) in [5.41, 5.74) is 1.46. The Bertz CT molecular complexity index is 1120. The van der Waals surface area contributed by atoms with Gasteiger partial charge in [0.1, 0.15) is 6.04 Å². The molecular weight excluding hydrogens is 474 g/mol. The predicted octanol–water partition coefficient (Wildman–Crippen LogP) is 2.68. The number of nitrogens with zero attached hydrogens (tertiary/aromatic N) is 1. The SMILES string of the molecule is O=C(Nc1ccccc1Cl)C1N(CCO)C(=O)[C@@H]2[C@H](C(=O)NCc3ccccc3)[C@@H]3CCC12S3. The molecule has 3 heterocycles. The Morgan fingerprint density at radius 1 is 1.12 bits per heavy atom. The number of aliphatic hydroxyl groups excluding tert-OH is 1. The van der Waals surface area contributed by atoms with E-state index in [4.69, 9.17) is 11.6 Å². The largest absolute Gasteiger partial charge is 0.395 e. The fraction of sp³-hybridized carbons (Fsp3) is 0.400. The van der Waals surface area contributed by atoms with Crippen molar-refractivity contribution in [3.05, 3.63) is 65.2 Å². The molecule has 178 valence electrons. The van der Waals surface area contributed by atoms with E-state index in [1.807, 2.05) is 30.3 Å². The van der Waals surface area contributed by atoms with Crippen LogP contribution in [0.2, 0.25) is 5.02 Å². The lowest BCUT2D eigenvalue weighted by Gasteiger charge is -2.34. The molecule has 9 heteroatoms. The number of carbonyl (C=O) groups is 3. The summed E-state index contributed by atoms with van der Waals surface area (Å²) in [7, 11) is 0. The number of fused-ring (bicyclic) bond motifs is 1. The molecule has 2 bridgehead atoms. The molecule has 1 spiro atoms. The monoisotopic (exact) mass is 499 g/mol. The van der Waals surface area contributed by atoms with Crippen molar-refractivity contribution in [2.75, 3.05) is 18.5 Å². The first-order valence-corrected chi connectivity index (χ1v) is 12.7. The lowest BCUT2D eigenvalue weighted by atomic mass is 9.70. The summed E-state index contributed by atoms with van der Waals surface area (Å²) in [4.78, 5) is 41.9. The number of hydrogen-bond donors (Lipinski definition) is 3. The van der Waals surface area contributed by atoms with Crippen LogP contribution in [0.5, 0.6) is 0 Å². The van der Waals surface area contributed by atoms with Gasteiger partial charge in [0.05, 0.1) is 33.9 Å². The van der Waals surface area contributed by atoms with Crippen LogP contribution in [-0.2, 0) is 20.9 Å². The van der Waals surface area contributed by atoms with Gasteiger partial charge in [0.25, 0.3) is 0 Å². The van der Waals surface area contributed by atoms with Gasteiger partial charge in [-0.3, -0.25) is 14.4 Å². The molecule has 2 aromatic carbocycles. The van der Waals surface area contributed by atoms with Gasteiger partial charge in [0.15, 0.2) is 0 Å². The van der Waals surface area contributed by atoms with Crippen molar-refractivity contribution in [2.45, 2.75) is 35.4 Å². The summed E-state index contributed by atoms with van der Waals surface area (Å²) in [6.07, 6.45) is 1.43. The van der Waals surface area contributed by atoms with Gasteiger partial charge < -0.3 is 20.6 Å². The van der Waals surface area contributed by atoms with Crippen LogP contribution in [0.25, 0.3) is 0 Å². The van der Waals surface area contributed by atoms with Gasteiger partial charge in [-0.1, -0.05) is 54.1 Å². The maximum atomic E-state index is 13.6. The van der Waals surface area contributed by atoms with E-state index in [1.165, 1.54) is 4.90 Å². The van der Waals surface area contributed by atoms with Crippen molar-refractivity contribution in [3.8, 4) is 0 Å². The highest BCUT2D eigenvalue weighted by Crippen LogP contribution is 2.66. The number of halogens is 1. The van der Waals surface area contributed by atoms with Crippen molar-refractivity contribution in [3.63, 3.8) is 0 Å². The average molecular weight is 500 g/mol. The number of carbonyl (C=O) groups excluding carboxylic acids is 3. The van der Waals surface area contributed by atoms with Crippen LogP contribution in [0.4, 0.5) is 5.69 Å². The number of anilines is 1. The second kappa shape index (κ2) is 9.24. The van der Waals surface area contributed by atoms with Gasteiger partial charge in [-0.05, 0) is 30.5 Å². The third-order valence-electron chi connectivity index (χ3n) is 7.13. The number of likely N-dealkylation sites (tertiary alicyclic amines) is 1. The minimum Gasteiger partial charge on any atom is -0.395 e. The number of nitrogens with one attached hydrogen (secondary N) is 2. The first-order valence-electron chi connectivity index (χ1n) is 11.4. The van der Waals surface area contributed by atoms with Gasteiger partial charge in [-0.15, -0.1) is 11.8 Å². The number of benzene rings is 2. The van der Waals surface area contributed by atoms with Crippen LogP contribution < -0.4 is 10.6 Å². The molecule has 3 amide bonds. The molecule has 0 saturated carbocycles. The van der Waals surface area contributed by atoms with Crippen LogP contribution in [0, 0.1) is 11.8 Å². The first kappa shape index (κ1) is 23.2. The maximum absolute atomic E-state index is 13.6. The Balaban J connectivity index is 1.41. The molecule has 3 aliphatic rings. The fourth-order valence-electron chi connectivity index (χ4n) is 5.77. The Labute approximate surface area is 207 Å². The molecule has 0 radical (unpaired) electrons. The molecule has 2 aromatic rings. The third kappa shape index (κ3) is 3.78. The van der Waals surface area contributed by atoms with Crippen molar-refractivity contribution >= 4 is 46.8 Å². The zero-order valence-electron chi connectivity index (χ0n) is 18.4. The number of hydrogen-bond acceptors (Lipinski definition) is 5. The first-order chi connectivity index (χ1) is 16.5. The molecule has 34 heavy (non-hydrogen) atoms. The quantitative estimate of drug-likeness (QED) is 0.544. The van der Waals surface area contributed by atoms with E-state index in [0.717, 1.165) is 12.0 Å². The molecule has 7 nitrogen and oxygen atoms in total. The third-order valence-corrected chi connectivity index (χ3v) is 9.41. The van der Waals surface area contributed by atoms with Gasteiger partial charge in [0, 0.05) is 18.3 Å². The number of amides is 3. The fourth-order valence-corrected chi connectivity index (χ4v) is 8.17. The summed E-state index contributed by atoms with van der Waals surface area (Å²) in [5, 5.41) is 15.9. The zero-order chi connectivity index (χ0) is 23.9. The summed E-state index contributed by atoms with van der Waals surface area (Å²) in [6, 6.07) is 15.8. The van der Waals surface area contributed by atoms with Gasteiger partial charge >= 0.3 is 0 Å². The van der Waals surface area contributed by atoms with E-state index < -0.39 is 22.6 Å². The van der Waals surface area contributed by atoms with E-state index >= 15 is 0 Å². The van der Waals surface area contributed by atoms with Crippen molar-refractivity contribution in [2.24, 2.45) is 11.8 Å². The Hall–Kier alpha value is -2.55. The second-order valence-corrected chi connectivity index (χ2v) is 11.0. The lowest BCUT2D eigenvalue weighted by molar-refractivity contribution is -0.139. The number of para-hydroxylation sites is 1. The van der Waals surface area contributed by atoms with Crippen LogP contribution in [0.15, 0.2) is 54.6 Å². The predicted molar refractivity (Wildman–Crippen MR) is 131 cm³/mol. The molecule has 0 aliphatic carbocycles. The topological polar surface area (TPSA) is 98.7 Å². The number of rotatable bonds is 7. The van der Waals surface area contributed by atoms with Crippen LogP contribution >= 0.6 is 23.4 Å². The minimum absolute atomic E-state index is 0.0170. The Morgan fingerprint density at radius 2 is 1.85 bits per heavy atom. The van der Waals surface area contributed by atoms with Gasteiger partial charge in [-0.2, -0.15) is 0 Å². The summed E-state index contributed by atoms with van der Waals surface area (Å²) in [5.74, 6) is -1.83. The van der Waals surface area contributed by atoms with Crippen LogP contribution in [0.3, 0.4) is 0 Å². The van der Waals surface area contributed by atoms with Crippen molar-refractivity contribution < 1.29 is 19.5 Å². The van der Waals surface area contributed by atoms with E-state index in [2.05, 4.69) is 10.6 Å². The number of thioether (sulfide) groups is 1. The molecule has 3 N–H and O–H groups in total. The molecule has 0 aromatic heterocycles. The molecular formula is C25H26ClN3O4S. The summed E-state index contributed by atoms with van der Waals surface area (Å²) < 4.78 is -0.697. The highest BCUT2D eigenvalue weighted by atomic mass is 35.5. The lowest BCUT2D eigenvalue weighted by Crippen LogP contribution is -2.52. The zero-order valence-corrected chi connectivity index (χ0v) is 20.0. The standard InChI is InChI=1S/C25H26ClN3O4S/c26-16-8-4-5-9-17(16)28-23(32)21-25-11-10-18(34-25)19(20(25)24(33)29(21)12-13-30)22(31)27-14-15-6-2-1-3-7-15/h1-9,18-21,30H,10-14H2,(H,27,31)(H,28,32)/t18-,19+,20-,21?,25?/m0/s1. The Kier molecular flexibility index (Phi) is 6.31. The Morgan fingerprint density at radius 3 is 2.59 bits per heavy atom. The summed E-state index contributed by atoms with van der Waals surface area (Å²) >= 11 is 7.84. The molecule has 2 unspecified atom stereocenters. The second-order valence-electron chi connectivity index (χ2n) is 8.98.